The van der Waals surface area contributed by atoms with Crippen LogP contribution < -0.4 is 10.5 Å². The van der Waals surface area contributed by atoms with Gasteiger partial charge in [-0.25, -0.2) is 13.1 Å². The fourth-order valence-corrected chi connectivity index (χ4v) is 4.95. The molecule has 5 heteroatoms. The summed E-state index contributed by atoms with van der Waals surface area (Å²) in [6, 6.07) is 5.34. The van der Waals surface area contributed by atoms with Gasteiger partial charge in [-0.1, -0.05) is 26.0 Å². The molecule has 4 nitrogen and oxygen atoms in total. The van der Waals surface area contributed by atoms with E-state index in [0.717, 1.165) is 24.0 Å². The lowest BCUT2D eigenvalue weighted by atomic mass is 9.81. The molecule has 2 unspecified atom stereocenters. The predicted octanol–water partition coefficient (Wildman–Crippen LogP) is 2.56. The van der Waals surface area contributed by atoms with Gasteiger partial charge in [0.15, 0.2) is 0 Å². The minimum Gasteiger partial charge on any atom is -0.326 e. The van der Waals surface area contributed by atoms with E-state index in [4.69, 9.17) is 5.73 Å². The third kappa shape index (κ3) is 4.05. The summed E-state index contributed by atoms with van der Waals surface area (Å²) in [6.07, 6.45) is 3.02. The molecule has 1 aromatic carbocycles. The minimum absolute atomic E-state index is 0.0438. The van der Waals surface area contributed by atoms with E-state index in [1.54, 1.807) is 12.1 Å². The fourth-order valence-electron chi connectivity index (χ4n) is 3.47. The molecule has 0 heterocycles. The van der Waals surface area contributed by atoms with Crippen LogP contribution in [0.4, 0.5) is 0 Å². The number of hydrogen-bond acceptors (Lipinski definition) is 3. The van der Waals surface area contributed by atoms with E-state index in [9.17, 15) is 8.42 Å². The van der Waals surface area contributed by atoms with Crippen molar-refractivity contribution in [3.8, 4) is 0 Å². The Morgan fingerprint density at radius 2 is 1.81 bits per heavy atom. The van der Waals surface area contributed by atoms with Crippen LogP contribution in [-0.4, -0.2) is 14.5 Å². The first-order chi connectivity index (χ1) is 9.81. The Morgan fingerprint density at radius 3 is 2.33 bits per heavy atom. The second-order valence-corrected chi connectivity index (χ2v) is 8.22. The normalized spacial score (nSPS) is 26.8. The van der Waals surface area contributed by atoms with Gasteiger partial charge in [-0.05, 0) is 55.2 Å². The van der Waals surface area contributed by atoms with Crippen LogP contribution in [0.1, 0.15) is 44.2 Å². The summed E-state index contributed by atoms with van der Waals surface area (Å²) in [5, 5.41) is 0. The van der Waals surface area contributed by atoms with Crippen molar-refractivity contribution in [2.45, 2.75) is 57.5 Å². The zero-order chi connectivity index (χ0) is 15.6. The lowest BCUT2D eigenvalue weighted by Crippen LogP contribution is -2.40. The van der Waals surface area contributed by atoms with Gasteiger partial charge in [0.05, 0.1) is 4.90 Å². The molecule has 0 saturated heterocycles. The molecule has 1 aromatic rings. The van der Waals surface area contributed by atoms with Crippen LogP contribution in [0.3, 0.4) is 0 Å². The SMILES string of the molecule is Cc1cc(CN)ccc1S(=O)(=O)NC1CC(C)CC(C)C1. The highest BCUT2D eigenvalue weighted by Crippen LogP contribution is 2.29. The number of benzene rings is 1. The highest BCUT2D eigenvalue weighted by Gasteiger charge is 2.28. The van der Waals surface area contributed by atoms with Crippen molar-refractivity contribution in [3.63, 3.8) is 0 Å². The van der Waals surface area contributed by atoms with Crippen LogP contribution in [-0.2, 0) is 16.6 Å². The summed E-state index contributed by atoms with van der Waals surface area (Å²) >= 11 is 0. The van der Waals surface area contributed by atoms with E-state index in [1.165, 1.54) is 6.42 Å². The predicted molar refractivity (Wildman–Crippen MR) is 85.4 cm³/mol. The molecule has 0 aromatic heterocycles. The van der Waals surface area contributed by atoms with Crippen LogP contribution in [0.15, 0.2) is 23.1 Å². The van der Waals surface area contributed by atoms with Gasteiger partial charge < -0.3 is 5.73 Å². The molecule has 0 aliphatic heterocycles. The molecule has 0 amide bonds. The average molecular weight is 310 g/mol. The molecule has 2 rings (SSSR count). The largest absolute Gasteiger partial charge is 0.326 e. The first-order valence-corrected chi connectivity index (χ1v) is 9.12. The highest BCUT2D eigenvalue weighted by molar-refractivity contribution is 7.89. The van der Waals surface area contributed by atoms with Crippen LogP contribution in [0, 0.1) is 18.8 Å². The van der Waals surface area contributed by atoms with Crippen LogP contribution >= 0.6 is 0 Å². The van der Waals surface area contributed by atoms with Gasteiger partial charge in [0.25, 0.3) is 0 Å². The smallest absolute Gasteiger partial charge is 0.241 e. The molecule has 0 spiro atoms. The minimum atomic E-state index is -3.45. The second kappa shape index (κ2) is 6.46. The molecule has 1 aliphatic carbocycles. The topological polar surface area (TPSA) is 72.2 Å². The fraction of sp³-hybridized carbons (Fsp3) is 0.625. The summed E-state index contributed by atoms with van der Waals surface area (Å²) in [4.78, 5) is 0.366. The lowest BCUT2D eigenvalue weighted by molar-refractivity contribution is 0.257. The molecule has 1 saturated carbocycles. The van der Waals surface area contributed by atoms with Gasteiger partial charge in [-0.15, -0.1) is 0 Å². The molecule has 3 N–H and O–H groups in total. The Hall–Kier alpha value is -0.910. The van der Waals surface area contributed by atoms with Gasteiger partial charge in [-0.2, -0.15) is 0 Å². The van der Waals surface area contributed by atoms with Gasteiger partial charge in [0, 0.05) is 12.6 Å². The third-order valence-electron chi connectivity index (χ3n) is 4.26. The van der Waals surface area contributed by atoms with E-state index < -0.39 is 10.0 Å². The summed E-state index contributed by atoms with van der Waals surface area (Å²) in [7, 11) is -3.45. The van der Waals surface area contributed by atoms with Crippen molar-refractivity contribution in [1.29, 1.82) is 0 Å². The maximum Gasteiger partial charge on any atom is 0.241 e. The molecular formula is C16H26N2O2S. The molecule has 1 fully saturated rings. The molecule has 0 bridgehead atoms. The van der Waals surface area contributed by atoms with Gasteiger partial charge in [-0.3, -0.25) is 0 Å². The van der Waals surface area contributed by atoms with E-state index in [2.05, 4.69) is 18.6 Å². The van der Waals surface area contributed by atoms with Crippen molar-refractivity contribution < 1.29 is 8.42 Å². The maximum absolute atomic E-state index is 12.6. The number of aryl methyl sites for hydroxylation is 1. The first-order valence-electron chi connectivity index (χ1n) is 7.63. The van der Waals surface area contributed by atoms with Crippen molar-refractivity contribution in [1.82, 2.24) is 4.72 Å². The number of hydrogen-bond donors (Lipinski definition) is 2. The summed E-state index contributed by atoms with van der Waals surface area (Å²) in [5.41, 5.74) is 7.30. The summed E-state index contributed by atoms with van der Waals surface area (Å²) in [6.45, 7) is 6.63. The molecule has 21 heavy (non-hydrogen) atoms. The Bertz CT molecular complexity index is 588. The van der Waals surface area contributed by atoms with E-state index in [1.807, 2.05) is 13.0 Å². The van der Waals surface area contributed by atoms with Crippen LogP contribution in [0.2, 0.25) is 0 Å². The van der Waals surface area contributed by atoms with Crippen molar-refractivity contribution in [2.75, 3.05) is 0 Å². The van der Waals surface area contributed by atoms with Crippen molar-refractivity contribution in [2.24, 2.45) is 17.6 Å². The van der Waals surface area contributed by atoms with Crippen molar-refractivity contribution in [3.05, 3.63) is 29.3 Å². The zero-order valence-corrected chi connectivity index (χ0v) is 13.9. The molecule has 1 aliphatic rings. The van der Waals surface area contributed by atoms with Gasteiger partial charge in [0.2, 0.25) is 10.0 Å². The zero-order valence-electron chi connectivity index (χ0n) is 13.1. The van der Waals surface area contributed by atoms with E-state index in [0.29, 0.717) is 23.3 Å². The number of nitrogens with one attached hydrogen (secondary N) is 1. The molecule has 2 atom stereocenters. The monoisotopic (exact) mass is 310 g/mol. The number of nitrogens with two attached hydrogens (primary N) is 1. The summed E-state index contributed by atoms with van der Waals surface area (Å²) in [5.74, 6) is 1.14. The molecule has 0 radical (unpaired) electrons. The Balaban J connectivity index is 2.18. The number of rotatable bonds is 4. The third-order valence-corrected chi connectivity index (χ3v) is 5.95. The Morgan fingerprint density at radius 1 is 1.19 bits per heavy atom. The number of sulfonamides is 1. The summed E-state index contributed by atoms with van der Waals surface area (Å²) < 4.78 is 28.1. The molecule has 118 valence electrons. The van der Waals surface area contributed by atoms with Crippen LogP contribution in [0.5, 0.6) is 0 Å². The lowest BCUT2D eigenvalue weighted by Gasteiger charge is -2.31. The molecular weight excluding hydrogens is 284 g/mol. The van der Waals surface area contributed by atoms with E-state index >= 15 is 0 Å². The van der Waals surface area contributed by atoms with E-state index in [-0.39, 0.29) is 6.04 Å². The van der Waals surface area contributed by atoms with Gasteiger partial charge in [0.1, 0.15) is 0 Å². The standard InChI is InChI=1S/C16H26N2O2S/c1-11-6-12(2)8-15(7-11)18-21(19,20)16-5-4-14(10-17)9-13(16)3/h4-5,9,11-12,15,18H,6-8,10,17H2,1-3H3. The average Bonchev–Trinajstić information content (AvgIpc) is 2.36. The van der Waals surface area contributed by atoms with Crippen molar-refractivity contribution >= 4 is 10.0 Å². The van der Waals surface area contributed by atoms with Gasteiger partial charge >= 0.3 is 0 Å². The Kier molecular flexibility index (Phi) is 5.07. The maximum atomic E-state index is 12.6. The second-order valence-electron chi connectivity index (χ2n) is 6.54. The Labute approximate surface area is 128 Å². The quantitative estimate of drug-likeness (QED) is 0.897. The highest BCUT2D eigenvalue weighted by atomic mass is 32.2. The first kappa shape index (κ1) is 16.5. The van der Waals surface area contributed by atoms with Crippen LogP contribution in [0.25, 0.3) is 0 Å².